The van der Waals surface area contributed by atoms with Crippen LogP contribution < -0.4 is 5.32 Å². The van der Waals surface area contributed by atoms with E-state index in [9.17, 15) is 9.59 Å². The second kappa shape index (κ2) is 7.56. The Balaban J connectivity index is 1.89. The summed E-state index contributed by atoms with van der Waals surface area (Å²) in [5.41, 5.74) is 0.745. The normalized spacial score (nSPS) is 18.5. The Morgan fingerprint density at radius 3 is 2.76 bits per heavy atom. The number of halogens is 1. The molecule has 0 radical (unpaired) electrons. The molecule has 1 heterocycles. The Labute approximate surface area is 132 Å². The van der Waals surface area contributed by atoms with Crippen LogP contribution in [0.4, 0.5) is 5.69 Å². The van der Waals surface area contributed by atoms with Gasteiger partial charge in [0.1, 0.15) is 6.04 Å². The van der Waals surface area contributed by atoms with Crippen molar-refractivity contribution in [2.24, 2.45) is 0 Å². The fourth-order valence-electron chi connectivity index (χ4n) is 2.44. The summed E-state index contributed by atoms with van der Waals surface area (Å²) in [6.45, 7) is 3.11. The number of benzene rings is 1. The molecule has 1 aromatic carbocycles. The van der Waals surface area contributed by atoms with E-state index in [0.717, 1.165) is 29.5 Å². The fraction of sp³-hybridized carbons (Fsp3) is 0.467. The highest BCUT2D eigenvalue weighted by Gasteiger charge is 2.32. The highest BCUT2D eigenvalue weighted by atomic mass is 79.9. The molecule has 0 aliphatic carbocycles. The summed E-state index contributed by atoms with van der Waals surface area (Å²) in [6.07, 6.45) is 1.67. The van der Waals surface area contributed by atoms with Gasteiger partial charge < -0.3 is 10.1 Å². The van der Waals surface area contributed by atoms with Crippen LogP contribution in [0.1, 0.15) is 19.8 Å². The van der Waals surface area contributed by atoms with Crippen molar-refractivity contribution in [1.82, 2.24) is 4.90 Å². The Hall–Kier alpha value is -1.40. The maximum absolute atomic E-state index is 12.1. The van der Waals surface area contributed by atoms with Gasteiger partial charge in [-0.25, -0.2) is 0 Å². The van der Waals surface area contributed by atoms with Gasteiger partial charge in [-0.15, -0.1) is 0 Å². The maximum atomic E-state index is 12.1. The zero-order chi connectivity index (χ0) is 15.2. The second-order valence-electron chi connectivity index (χ2n) is 4.94. The van der Waals surface area contributed by atoms with E-state index in [0.29, 0.717) is 6.61 Å². The number of likely N-dealkylation sites (tertiary alicyclic amines) is 1. The third kappa shape index (κ3) is 4.54. The molecular weight excluding hydrogens is 336 g/mol. The first-order valence-electron chi connectivity index (χ1n) is 7.06. The van der Waals surface area contributed by atoms with Gasteiger partial charge in [-0.3, -0.25) is 14.5 Å². The number of carbonyl (C=O) groups is 2. The quantitative estimate of drug-likeness (QED) is 0.825. The van der Waals surface area contributed by atoms with Crippen LogP contribution >= 0.6 is 15.9 Å². The lowest BCUT2D eigenvalue weighted by atomic mass is 10.2. The van der Waals surface area contributed by atoms with E-state index in [-0.39, 0.29) is 24.5 Å². The molecule has 1 aliphatic heterocycles. The lowest BCUT2D eigenvalue weighted by Gasteiger charge is -2.22. The van der Waals surface area contributed by atoms with Gasteiger partial charge in [0.15, 0.2) is 0 Å². The minimum atomic E-state index is -0.291. The molecule has 1 fully saturated rings. The number of nitrogens with one attached hydrogen (secondary N) is 1. The van der Waals surface area contributed by atoms with Gasteiger partial charge in [-0.1, -0.05) is 15.9 Å². The molecule has 1 atom stereocenters. The van der Waals surface area contributed by atoms with Crippen molar-refractivity contribution in [3.8, 4) is 0 Å². The molecule has 1 N–H and O–H groups in total. The van der Waals surface area contributed by atoms with E-state index in [1.165, 1.54) is 0 Å². The van der Waals surface area contributed by atoms with Crippen molar-refractivity contribution in [2.45, 2.75) is 25.8 Å². The number of amides is 1. The van der Waals surface area contributed by atoms with Gasteiger partial charge in [-0.2, -0.15) is 0 Å². The Bertz CT molecular complexity index is 504. The van der Waals surface area contributed by atoms with E-state index in [1.54, 1.807) is 6.92 Å². The first-order valence-corrected chi connectivity index (χ1v) is 7.85. The predicted molar refractivity (Wildman–Crippen MR) is 84.0 cm³/mol. The van der Waals surface area contributed by atoms with E-state index in [2.05, 4.69) is 21.2 Å². The van der Waals surface area contributed by atoms with E-state index in [1.807, 2.05) is 29.2 Å². The Kier molecular flexibility index (Phi) is 5.76. The number of rotatable bonds is 5. The fourth-order valence-corrected chi connectivity index (χ4v) is 2.70. The van der Waals surface area contributed by atoms with Crippen molar-refractivity contribution < 1.29 is 14.3 Å². The van der Waals surface area contributed by atoms with Crippen LogP contribution in [0.5, 0.6) is 0 Å². The monoisotopic (exact) mass is 354 g/mol. The Morgan fingerprint density at radius 2 is 2.10 bits per heavy atom. The molecular formula is C15H19BrN2O3. The van der Waals surface area contributed by atoms with Crippen molar-refractivity contribution in [1.29, 1.82) is 0 Å². The minimum absolute atomic E-state index is 0.117. The average Bonchev–Trinajstić information content (AvgIpc) is 2.90. The van der Waals surface area contributed by atoms with E-state index in [4.69, 9.17) is 4.74 Å². The summed E-state index contributed by atoms with van der Waals surface area (Å²) >= 11 is 3.35. The van der Waals surface area contributed by atoms with Gasteiger partial charge in [0.2, 0.25) is 5.91 Å². The lowest BCUT2D eigenvalue weighted by molar-refractivity contribution is -0.148. The van der Waals surface area contributed by atoms with Crippen LogP contribution in [0.25, 0.3) is 0 Å². The molecule has 0 aromatic heterocycles. The molecule has 1 saturated heterocycles. The minimum Gasteiger partial charge on any atom is -0.465 e. The van der Waals surface area contributed by atoms with Crippen molar-refractivity contribution >= 4 is 33.5 Å². The third-order valence-corrected chi connectivity index (χ3v) is 3.93. The van der Waals surface area contributed by atoms with Gasteiger partial charge >= 0.3 is 5.97 Å². The summed E-state index contributed by atoms with van der Waals surface area (Å²) in [5.74, 6) is -0.347. The zero-order valence-electron chi connectivity index (χ0n) is 12.0. The molecule has 2 rings (SSSR count). The Morgan fingerprint density at radius 1 is 1.38 bits per heavy atom. The SMILES string of the molecule is CCOC(=O)C1CCCN1CC(=O)Nc1ccc(Br)cc1. The summed E-state index contributed by atoms with van der Waals surface area (Å²) < 4.78 is 6.01. The van der Waals surface area contributed by atoms with Crippen LogP contribution in [0.2, 0.25) is 0 Å². The highest BCUT2D eigenvalue weighted by molar-refractivity contribution is 9.10. The first-order chi connectivity index (χ1) is 10.1. The van der Waals surface area contributed by atoms with Gasteiger partial charge in [0, 0.05) is 10.2 Å². The number of hydrogen-bond donors (Lipinski definition) is 1. The van der Waals surface area contributed by atoms with Crippen LogP contribution in [0.3, 0.4) is 0 Å². The standard InChI is InChI=1S/C15H19BrN2O3/c1-2-21-15(20)13-4-3-9-18(13)10-14(19)17-12-7-5-11(16)6-8-12/h5-8,13H,2-4,9-10H2,1H3,(H,17,19). The molecule has 1 amide bonds. The number of ether oxygens (including phenoxy) is 1. The molecule has 6 heteroatoms. The number of esters is 1. The maximum Gasteiger partial charge on any atom is 0.323 e. The lowest BCUT2D eigenvalue weighted by Crippen LogP contribution is -2.41. The number of nitrogens with zero attached hydrogens (tertiary/aromatic N) is 1. The van der Waals surface area contributed by atoms with E-state index >= 15 is 0 Å². The number of hydrogen-bond acceptors (Lipinski definition) is 4. The van der Waals surface area contributed by atoms with Crippen LogP contribution in [-0.4, -0.2) is 42.5 Å². The molecule has 0 saturated carbocycles. The summed E-state index contributed by atoms with van der Waals surface area (Å²) in [6, 6.07) is 7.10. The smallest absolute Gasteiger partial charge is 0.323 e. The summed E-state index contributed by atoms with van der Waals surface area (Å²) in [5, 5.41) is 2.83. The van der Waals surface area contributed by atoms with Crippen molar-refractivity contribution in [3.05, 3.63) is 28.7 Å². The summed E-state index contributed by atoms with van der Waals surface area (Å²) in [4.78, 5) is 25.8. The molecule has 1 unspecified atom stereocenters. The van der Waals surface area contributed by atoms with Crippen LogP contribution in [0, 0.1) is 0 Å². The van der Waals surface area contributed by atoms with Crippen molar-refractivity contribution in [3.63, 3.8) is 0 Å². The molecule has 1 aromatic rings. The topological polar surface area (TPSA) is 58.6 Å². The van der Waals surface area contributed by atoms with Crippen molar-refractivity contribution in [2.75, 3.05) is 25.0 Å². The molecule has 21 heavy (non-hydrogen) atoms. The zero-order valence-corrected chi connectivity index (χ0v) is 13.6. The molecule has 114 valence electrons. The molecule has 0 spiro atoms. The summed E-state index contributed by atoms with van der Waals surface area (Å²) in [7, 11) is 0. The van der Waals surface area contributed by atoms with Gasteiger partial charge in [0.05, 0.1) is 13.2 Å². The largest absolute Gasteiger partial charge is 0.465 e. The van der Waals surface area contributed by atoms with Crippen LogP contribution in [-0.2, 0) is 14.3 Å². The molecule has 0 bridgehead atoms. The predicted octanol–water partition coefficient (Wildman–Crippen LogP) is 2.42. The molecule has 1 aliphatic rings. The third-order valence-electron chi connectivity index (χ3n) is 3.40. The number of carbonyl (C=O) groups excluding carboxylic acids is 2. The number of anilines is 1. The average molecular weight is 355 g/mol. The molecule has 5 nitrogen and oxygen atoms in total. The van der Waals surface area contributed by atoms with Gasteiger partial charge in [0.25, 0.3) is 0 Å². The second-order valence-corrected chi connectivity index (χ2v) is 5.85. The van der Waals surface area contributed by atoms with Gasteiger partial charge in [-0.05, 0) is 50.6 Å². The highest BCUT2D eigenvalue weighted by Crippen LogP contribution is 2.19. The first kappa shape index (κ1) is 16.0. The van der Waals surface area contributed by atoms with E-state index < -0.39 is 0 Å². The van der Waals surface area contributed by atoms with Crippen LogP contribution in [0.15, 0.2) is 28.7 Å².